The molecule has 2 rings (SSSR count). The van der Waals surface area contributed by atoms with Gasteiger partial charge in [0, 0.05) is 31.9 Å². The molecule has 1 aromatic heterocycles. The monoisotopic (exact) mass is 342 g/mol. The molecule has 8 heteroatoms. The molecule has 1 aromatic rings. The SMILES string of the molecule is Cc1cc(C)n(C[C@H](C)CNC(=O)N(C)[C@@H]2CCS(=O)(=O)C2)n1. The second-order valence-electron chi connectivity index (χ2n) is 6.57. The van der Waals surface area contributed by atoms with Crippen molar-refractivity contribution in [1.82, 2.24) is 20.0 Å². The first-order valence-electron chi connectivity index (χ1n) is 7.90. The van der Waals surface area contributed by atoms with E-state index in [9.17, 15) is 13.2 Å². The van der Waals surface area contributed by atoms with Crippen LogP contribution in [0.25, 0.3) is 0 Å². The standard InChI is InChI=1S/C15H26N4O3S/c1-11(9-19-13(3)7-12(2)17-19)8-16-15(20)18(4)14-5-6-23(21,22)10-14/h7,11,14H,5-6,8-10H2,1-4H3,(H,16,20)/t11-,14-/m1/s1. The van der Waals surface area contributed by atoms with Gasteiger partial charge in [-0.2, -0.15) is 5.10 Å². The van der Waals surface area contributed by atoms with Crippen LogP contribution in [0.3, 0.4) is 0 Å². The highest BCUT2D eigenvalue weighted by molar-refractivity contribution is 7.91. The maximum Gasteiger partial charge on any atom is 0.317 e. The molecule has 0 radical (unpaired) electrons. The molecule has 0 saturated carbocycles. The van der Waals surface area contributed by atoms with Crippen molar-refractivity contribution < 1.29 is 13.2 Å². The van der Waals surface area contributed by atoms with Gasteiger partial charge in [0.05, 0.1) is 17.2 Å². The fourth-order valence-electron chi connectivity index (χ4n) is 2.85. The Labute approximate surface area is 138 Å². The van der Waals surface area contributed by atoms with Gasteiger partial charge in [0.25, 0.3) is 0 Å². The van der Waals surface area contributed by atoms with Crippen LogP contribution in [-0.4, -0.2) is 60.3 Å². The molecule has 0 spiro atoms. The summed E-state index contributed by atoms with van der Waals surface area (Å²) in [6.07, 6.45) is 0.521. The quantitative estimate of drug-likeness (QED) is 0.864. The lowest BCUT2D eigenvalue weighted by molar-refractivity contribution is 0.193. The normalized spacial score (nSPS) is 21.1. The molecule has 7 nitrogen and oxygen atoms in total. The maximum absolute atomic E-state index is 12.2. The summed E-state index contributed by atoms with van der Waals surface area (Å²) in [7, 11) is -1.32. The molecule has 0 bridgehead atoms. The van der Waals surface area contributed by atoms with Gasteiger partial charge < -0.3 is 10.2 Å². The number of hydrogen-bond donors (Lipinski definition) is 1. The average molecular weight is 342 g/mol. The van der Waals surface area contributed by atoms with Crippen LogP contribution in [0.15, 0.2) is 6.07 Å². The molecule has 1 aliphatic heterocycles. The van der Waals surface area contributed by atoms with Gasteiger partial charge in [0.1, 0.15) is 0 Å². The molecular formula is C15H26N4O3S. The van der Waals surface area contributed by atoms with Crippen molar-refractivity contribution in [1.29, 1.82) is 0 Å². The summed E-state index contributed by atoms with van der Waals surface area (Å²) in [4.78, 5) is 13.7. The second-order valence-corrected chi connectivity index (χ2v) is 8.80. The van der Waals surface area contributed by atoms with E-state index in [0.29, 0.717) is 13.0 Å². The van der Waals surface area contributed by atoms with E-state index in [1.165, 1.54) is 4.90 Å². The van der Waals surface area contributed by atoms with E-state index in [0.717, 1.165) is 17.9 Å². The Morgan fingerprint density at radius 1 is 1.52 bits per heavy atom. The van der Waals surface area contributed by atoms with Gasteiger partial charge >= 0.3 is 6.03 Å². The third-order valence-corrected chi connectivity index (χ3v) is 6.02. The predicted molar refractivity (Wildman–Crippen MR) is 89.1 cm³/mol. The summed E-state index contributed by atoms with van der Waals surface area (Å²) in [6.45, 7) is 7.29. The van der Waals surface area contributed by atoms with Crippen molar-refractivity contribution in [2.75, 3.05) is 25.1 Å². The molecule has 23 heavy (non-hydrogen) atoms. The largest absolute Gasteiger partial charge is 0.338 e. The number of aryl methyl sites for hydroxylation is 2. The van der Waals surface area contributed by atoms with Gasteiger partial charge in [-0.1, -0.05) is 6.92 Å². The van der Waals surface area contributed by atoms with Gasteiger partial charge in [-0.25, -0.2) is 13.2 Å². The Morgan fingerprint density at radius 2 is 2.22 bits per heavy atom. The topological polar surface area (TPSA) is 84.3 Å². The Hall–Kier alpha value is -1.57. The lowest BCUT2D eigenvalue weighted by Crippen LogP contribution is -2.45. The second kappa shape index (κ2) is 6.90. The summed E-state index contributed by atoms with van der Waals surface area (Å²) in [5.74, 6) is 0.472. The Kier molecular flexibility index (Phi) is 5.33. The summed E-state index contributed by atoms with van der Waals surface area (Å²) < 4.78 is 25.0. The van der Waals surface area contributed by atoms with Crippen LogP contribution < -0.4 is 5.32 Å². The van der Waals surface area contributed by atoms with E-state index < -0.39 is 9.84 Å². The lowest BCUT2D eigenvalue weighted by Gasteiger charge is -2.24. The molecule has 0 unspecified atom stereocenters. The summed E-state index contributed by atoms with van der Waals surface area (Å²) in [5.41, 5.74) is 2.09. The fraction of sp³-hybridized carbons (Fsp3) is 0.733. The predicted octanol–water partition coefficient (Wildman–Crippen LogP) is 0.965. The van der Waals surface area contributed by atoms with E-state index in [2.05, 4.69) is 17.3 Å². The number of sulfone groups is 1. The zero-order valence-corrected chi connectivity index (χ0v) is 15.1. The van der Waals surface area contributed by atoms with Gasteiger partial charge in [0.15, 0.2) is 9.84 Å². The molecule has 1 fully saturated rings. The van der Waals surface area contributed by atoms with Crippen LogP contribution in [0.4, 0.5) is 4.79 Å². The zero-order valence-electron chi connectivity index (χ0n) is 14.2. The first kappa shape index (κ1) is 17.8. The first-order valence-corrected chi connectivity index (χ1v) is 9.72. The number of nitrogens with one attached hydrogen (secondary N) is 1. The number of carbonyl (C=O) groups is 1. The molecule has 130 valence electrons. The molecule has 1 N–H and O–H groups in total. The zero-order chi connectivity index (χ0) is 17.2. The molecule has 2 amide bonds. The van der Waals surface area contributed by atoms with Crippen molar-refractivity contribution >= 4 is 15.9 Å². The van der Waals surface area contributed by atoms with Crippen molar-refractivity contribution in [2.24, 2.45) is 5.92 Å². The smallest absolute Gasteiger partial charge is 0.317 e. The lowest BCUT2D eigenvalue weighted by atomic mass is 10.2. The van der Waals surface area contributed by atoms with Crippen LogP contribution >= 0.6 is 0 Å². The van der Waals surface area contributed by atoms with Gasteiger partial charge in [0.2, 0.25) is 0 Å². The van der Waals surface area contributed by atoms with Crippen LogP contribution in [0.1, 0.15) is 24.7 Å². The van der Waals surface area contributed by atoms with E-state index >= 15 is 0 Å². The Bertz CT molecular complexity index is 668. The number of nitrogens with zero attached hydrogens (tertiary/aromatic N) is 3. The Morgan fingerprint density at radius 3 is 2.74 bits per heavy atom. The number of rotatable bonds is 5. The molecule has 2 atom stereocenters. The number of hydrogen-bond acceptors (Lipinski definition) is 4. The van der Waals surface area contributed by atoms with E-state index in [1.807, 2.05) is 24.6 Å². The van der Waals surface area contributed by atoms with Crippen LogP contribution in [0.2, 0.25) is 0 Å². The van der Waals surface area contributed by atoms with E-state index in [-0.39, 0.29) is 29.5 Å². The highest BCUT2D eigenvalue weighted by atomic mass is 32.2. The molecular weight excluding hydrogens is 316 g/mol. The van der Waals surface area contributed by atoms with Crippen molar-refractivity contribution in [2.45, 2.75) is 39.8 Å². The van der Waals surface area contributed by atoms with Crippen LogP contribution in [-0.2, 0) is 16.4 Å². The highest BCUT2D eigenvalue weighted by Gasteiger charge is 2.32. The molecule has 1 saturated heterocycles. The van der Waals surface area contributed by atoms with Crippen molar-refractivity contribution in [3.8, 4) is 0 Å². The van der Waals surface area contributed by atoms with E-state index in [1.54, 1.807) is 7.05 Å². The first-order chi connectivity index (χ1) is 10.7. The number of aromatic nitrogens is 2. The maximum atomic E-state index is 12.2. The van der Waals surface area contributed by atoms with E-state index in [4.69, 9.17) is 0 Å². The molecule has 0 aromatic carbocycles. The minimum absolute atomic E-state index is 0.0677. The third kappa shape index (κ3) is 4.70. The molecule has 2 heterocycles. The highest BCUT2D eigenvalue weighted by Crippen LogP contribution is 2.16. The Balaban J connectivity index is 1.80. The summed E-state index contributed by atoms with van der Waals surface area (Å²) in [5, 5.41) is 7.30. The number of amides is 2. The van der Waals surface area contributed by atoms with Crippen molar-refractivity contribution in [3.05, 3.63) is 17.5 Å². The summed E-state index contributed by atoms with van der Waals surface area (Å²) >= 11 is 0. The van der Waals surface area contributed by atoms with Gasteiger partial charge in [-0.3, -0.25) is 4.68 Å². The minimum Gasteiger partial charge on any atom is -0.338 e. The average Bonchev–Trinajstić information content (AvgIpc) is 2.97. The third-order valence-electron chi connectivity index (χ3n) is 4.27. The number of carbonyl (C=O) groups excluding carboxylic acids is 1. The summed E-state index contributed by atoms with van der Waals surface area (Å²) in [6, 6.07) is 1.60. The van der Waals surface area contributed by atoms with Crippen LogP contribution in [0.5, 0.6) is 0 Å². The van der Waals surface area contributed by atoms with Gasteiger partial charge in [-0.05, 0) is 32.3 Å². The fourth-order valence-corrected chi connectivity index (χ4v) is 4.63. The van der Waals surface area contributed by atoms with Crippen LogP contribution in [0, 0.1) is 19.8 Å². The molecule has 0 aliphatic carbocycles. The van der Waals surface area contributed by atoms with Crippen molar-refractivity contribution in [3.63, 3.8) is 0 Å². The number of urea groups is 1. The minimum atomic E-state index is -2.98. The molecule has 1 aliphatic rings. The van der Waals surface area contributed by atoms with Gasteiger partial charge in [-0.15, -0.1) is 0 Å².